The van der Waals surface area contributed by atoms with Crippen molar-refractivity contribution in [1.29, 1.82) is 0 Å². The maximum atomic E-state index is 13.0. The van der Waals surface area contributed by atoms with Crippen molar-refractivity contribution in [2.45, 2.75) is 0 Å². The first kappa shape index (κ1) is 14.5. The van der Waals surface area contributed by atoms with Crippen molar-refractivity contribution in [3.05, 3.63) is 59.9 Å². The lowest BCUT2D eigenvalue weighted by Crippen LogP contribution is -2.20. The average molecular weight is 289 g/mol. The number of rotatable bonds is 5. The van der Waals surface area contributed by atoms with Gasteiger partial charge in [0.05, 0.1) is 0 Å². The second kappa shape index (κ2) is 6.51. The molecule has 0 saturated carbocycles. The number of benzene rings is 2. The number of aromatic carboxylic acids is 1. The summed E-state index contributed by atoms with van der Waals surface area (Å²) in [6.07, 6.45) is 0. The topological polar surface area (TPSA) is 75.6 Å². The van der Waals surface area contributed by atoms with Crippen LogP contribution in [0.2, 0.25) is 0 Å². The van der Waals surface area contributed by atoms with Gasteiger partial charge in [0, 0.05) is 5.69 Å². The summed E-state index contributed by atoms with van der Waals surface area (Å²) >= 11 is 0. The quantitative estimate of drug-likeness (QED) is 0.887. The number of carbonyl (C=O) groups is 2. The Bertz CT molecular complexity index is 672. The average Bonchev–Trinajstić information content (AvgIpc) is 2.45. The Hall–Kier alpha value is -2.89. The number of amides is 1. The van der Waals surface area contributed by atoms with Crippen molar-refractivity contribution in [1.82, 2.24) is 0 Å². The van der Waals surface area contributed by atoms with Crippen molar-refractivity contribution in [3.63, 3.8) is 0 Å². The molecule has 1 amide bonds. The number of halogens is 1. The summed E-state index contributed by atoms with van der Waals surface area (Å²) in [5, 5.41) is 11.4. The third-order valence-corrected chi connectivity index (χ3v) is 2.58. The molecule has 0 aliphatic rings. The van der Waals surface area contributed by atoms with Gasteiger partial charge in [-0.1, -0.05) is 18.2 Å². The smallest absolute Gasteiger partial charge is 0.339 e. The van der Waals surface area contributed by atoms with Gasteiger partial charge in [-0.15, -0.1) is 0 Å². The molecule has 2 aromatic carbocycles. The second-order valence-corrected chi connectivity index (χ2v) is 4.15. The summed E-state index contributed by atoms with van der Waals surface area (Å²) in [4.78, 5) is 22.6. The van der Waals surface area contributed by atoms with Gasteiger partial charge in [-0.3, -0.25) is 4.79 Å². The summed E-state index contributed by atoms with van der Waals surface area (Å²) in [7, 11) is 0. The minimum absolute atomic E-state index is 0.0314. The maximum Gasteiger partial charge on any atom is 0.339 e. The van der Waals surface area contributed by atoms with Crippen LogP contribution in [-0.2, 0) is 4.79 Å². The van der Waals surface area contributed by atoms with Gasteiger partial charge in [0.1, 0.15) is 17.1 Å². The van der Waals surface area contributed by atoms with Gasteiger partial charge < -0.3 is 15.2 Å². The normalized spacial score (nSPS) is 9.95. The molecule has 2 N–H and O–H groups in total. The number of ether oxygens (including phenoxy) is 1. The summed E-state index contributed by atoms with van der Waals surface area (Å²) in [5.74, 6) is -2.03. The van der Waals surface area contributed by atoms with Crippen molar-refractivity contribution < 1.29 is 23.8 Å². The van der Waals surface area contributed by atoms with E-state index in [0.717, 1.165) is 0 Å². The number of hydrogen-bond donors (Lipinski definition) is 2. The fourth-order valence-electron chi connectivity index (χ4n) is 1.68. The molecule has 0 fully saturated rings. The third kappa shape index (κ3) is 4.04. The lowest BCUT2D eigenvalue weighted by molar-refractivity contribution is -0.118. The molecule has 2 rings (SSSR count). The van der Waals surface area contributed by atoms with E-state index in [4.69, 9.17) is 9.84 Å². The molecule has 0 saturated heterocycles. The van der Waals surface area contributed by atoms with Crippen LogP contribution in [-0.4, -0.2) is 23.6 Å². The molecule has 0 atom stereocenters. The molecule has 0 aliphatic heterocycles. The molecular formula is C15H12FNO4. The number of carboxylic acids is 1. The monoisotopic (exact) mass is 289 g/mol. The van der Waals surface area contributed by atoms with Gasteiger partial charge in [-0.2, -0.15) is 0 Å². The van der Waals surface area contributed by atoms with E-state index in [1.54, 1.807) is 12.1 Å². The Morgan fingerprint density at radius 1 is 1.14 bits per heavy atom. The highest BCUT2D eigenvalue weighted by atomic mass is 19.1. The van der Waals surface area contributed by atoms with Crippen LogP contribution >= 0.6 is 0 Å². The Balaban J connectivity index is 1.97. The van der Waals surface area contributed by atoms with Crippen LogP contribution in [0.4, 0.5) is 10.1 Å². The number of para-hydroxylation sites is 1. The lowest BCUT2D eigenvalue weighted by Gasteiger charge is -2.09. The van der Waals surface area contributed by atoms with E-state index < -0.39 is 17.7 Å². The molecule has 2 aromatic rings. The van der Waals surface area contributed by atoms with Crippen molar-refractivity contribution >= 4 is 17.6 Å². The number of carboxylic acid groups (broad SMARTS) is 1. The standard InChI is InChI=1S/C15H12FNO4/c16-10-4-3-5-11(8-10)17-14(18)9-21-13-7-2-1-6-12(13)15(19)20/h1-8H,9H2,(H,17,18)(H,19,20). The summed E-state index contributed by atoms with van der Waals surface area (Å²) in [6.45, 7) is -0.374. The molecule has 21 heavy (non-hydrogen) atoms. The number of anilines is 1. The fourth-order valence-corrected chi connectivity index (χ4v) is 1.68. The van der Waals surface area contributed by atoms with E-state index in [-0.39, 0.29) is 17.9 Å². The van der Waals surface area contributed by atoms with Gasteiger partial charge in [0.15, 0.2) is 6.61 Å². The highest BCUT2D eigenvalue weighted by Crippen LogP contribution is 2.17. The van der Waals surface area contributed by atoms with Crippen LogP contribution in [0.1, 0.15) is 10.4 Å². The molecule has 0 bridgehead atoms. The molecule has 0 radical (unpaired) electrons. The molecule has 108 valence electrons. The van der Waals surface area contributed by atoms with Crippen LogP contribution < -0.4 is 10.1 Å². The highest BCUT2D eigenvalue weighted by molar-refractivity contribution is 5.93. The van der Waals surface area contributed by atoms with Crippen LogP contribution in [0.15, 0.2) is 48.5 Å². The van der Waals surface area contributed by atoms with Gasteiger partial charge in [0.25, 0.3) is 5.91 Å². The maximum absolute atomic E-state index is 13.0. The Morgan fingerprint density at radius 2 is 1.90 bits per heavy atom. The molecule has 0 aliphatic carbocycles. The second-order valence-electron chi connectivity index (χ2n) is 4.15. The molecular weight excluding hydrogens is 277 g/mol. The largest absolute Gasteiger partial charge is 0.483 e. The zero-order valence-electron chi connectivity index (χ0n) is 10.9. The zero-order valence-corrected chi connectivity index (χ0v) is 10.9. The molecule has 0 spiro atoms. The lowest BCUT2D eigenvalue weighted by atomic mass is 10.2. The Morgan fingerprint density at radius 3 is 2.62 bits per heavy atom. The van der Waals surface area contributed by atoms with Crippen LogP contribution in [0.5, 0.6) is 5.75 Å². The molecule has 0 unspecified atom stereocenters. The van der Waals surface area contributed by atoms with E-state index >= 15 is 0 Å². The highest BCUT2D eigenvalue weighted by Gasteiger charge is 2.11. The van der Waals surface area contributed by atoms with E-state index in [1.165, 1.54) is 36.4 Å². The Labute approximate surface area is 120 Å². The first-order chi connectivity index (χ1) is 10.1. The number of hydrogen-bond acceptors (Lipinski definition) is 3. The first-order valence-electron chi connectivity index (χ1n) is 6.07. The molecule has 0 heterocycles. The van der Waals surface area contributed by atoms with E-state index in [9.17, 15) is 14.0 Å². The van der Waals surface area contributed by atoms with Gasteiger partial charge in [-0.05, 0) is 30.3 Å². The number of nitrogens with one attached hydrogen (secondary N) is 1. The SMILES string of the molecule is O=C(COc1ccccc1C(=O)O)Nc1cccc(F)c1. The number of carbonyl (C=O) groups excluding carboxylic acids is 1. The minimum Gasteiger partial charge on any atom is -0.483 e. The summed E-state index contributed by atoms with van der Waals surface area (Å²) in [5.41, 5.74) is 0.270. The predicted molar refractivity (Wildman–Crippen MR) is 73.9 cm³/mol. The Kier molecular flexibility index (Phi) is 4.50. The van der Waals surface area contributed by atoms with Crippen molar-refractivity contribution in [2.24, 2.45) is 0 Å². The summed E-state index contributed by atoms with van der Waals surface area (Å²) in [6, 6.07) is 11.4. The van der Waals surface area contributed by atoms with Crippen molar-refractivity contribution in [2.75, 3.05) is 11.9 Å². The van der Waals surface area contributed by atoms with Gasteiger partial charge in [-0.25, -0.2) is 9.18 Å². The van der Waals surface area contributed by atoms with Crippen LogP contribution in [0, 0.1) is 5.82 Å². The third-order valence-electron chi connectivity index (χ3n) is 2.58. The minimum atomic E-state index is -1.14. The van der Waals surface area contributed by atoms with Gasteiger partial charge >= 0.3 is 5.97 Å². The van der Waals surface area contributed by atoms with Crippen molar-refractivity contribution in [3.8, 4) is 5.75 Å². The molecule has 0 aromatic heterocycles. The summed E-state index contributed by atoms with van der Waals surface area (Å²) < 4.78 is 18.1. The first-order valence-corrected chi connectivity index (χ1v) is 6.07. The van der Waals surface area contributed by atoms with E-state index in [1.807, 2.05) is 0 Å². The van der Waals surface area contributed by atoms with E-state index in [2.05, 4.69) is 5.32 Å². The fraction of sp³-hybridized carbons (Fsp3) is 0.0667. The molecule has 5 nitrogen and oxygen atoms in total. The molecule has 6 heteroatoms. The van der Waals surface area contributed by atoms with E-state index in [0.29, 0.717) is 5.69 Å². The predicted octanol–water partition coefficient (Wildman–Crippen LogP) is 2.54. The van der Waals surface area contributed by atoms with Crippen LogP contribution in [0.25, 0.3) is 0 Å². The van der Waals surface area contributed by atoms with Gasteiger partial charge in [0.2, 0.25) is 0 Å². The zero-order chi connectivity index (χ0) is 15.2. The van der Waals surface area contributed by atoms with Crippen LogP contribution in [0.3, 0.4) is 0 Å².